The van der Waals surface area contributed by atoms with Crippen LogP contribution in [0.4, 0.5) is 5.69 Å². The van der Waals surface area contributed by atoms with Gasteiger partial charge in [0.25, 0.3) is 0 Å². The van der Waals surface area contributed by atoms with Crippen LogP contribution in [0.1, 0.15) is 11.4 Å². The van der Waals surface area contributed by atoms with E-state index < -0.39 is 0 Å². The minimum atomic E-state index is -0.354. The predicted octanol–water partition coefficient (Wildman–Crippen LogP) is 0.382. The van der Waals surface area contributed by atoms with E-state index in [1.165, 1.54) is 12.1 Å². The molecule has 1 aromatic heterocycles. The first-order valence-electron chi connectivity index (χ1n) is 4.54. The molecule has 0 bridgehead atoms. The number of hydrogen-bond donors (Lipinski definition) is 3. The van der Waals surface area contributed by atoms with Crippen LogP contribution in [0.15, 0.2) is 29.1 Å². The SMILES string of the molecule is O=c1[nH]nc(Cc2ccc(N([O-])O)cc2)[nH]1. The van der Waals surface area contributed by atoms with Crippen molar-refractivity contribution in [3.05, 3.63) is 51.3 Å². The van der Waals surface area contributed by atoms with E-state index in [9.17, 15) is 10.0 Å². The van der Waals surface area contributed by atoms with Crippen molar-refractivity contribution < 1.29 is 5.21 Å². The van der Waals surface area contributed by atoms with Gasteiger partial charge >= 0.3 is 5.69 Å². The zero-order valence-corrected chi connectivity index (χ0v) is 8.17. The minimum Gasteiger partial charge on any atom is -0.733 e. The number of nitrogens with zero attached hydrogens (tertiary/aromatic N) is 2. The molecule has 0 amide bonds. The first-order chi connectivity index (χ1) is 7.65. The van der Waals surface area contributed by atoms with E-state index in [1.807, 2.05) is 0 Å². The molecule has 1 heterocycles. The Morgan fingerprint density at radius 3 is 2.56 bits per heavy atom. The number of aromatic amines is 2. The Bertz CT molecular complexity index is 514. The Labute approximate surface area is 89.9 Å². The number of nitrogens with one attached hydrogen (secondary N) is 2. The van der Waals surface area contributed by atoms with E-state index in [0.717, 1.165) is 5.56 Å². The van der Waals surface area contributed by atoms with Crippen molar-refractivity contribution in [1.82, 2.24) is 15.2 Å². The number of aromatic nitrogens is 3. The molecule has 0 aliphatic heterocycles. The monoisotopic (exact) mass is 221 g/mol. The Morgan fingerprint density at radius 1 is 1.38 bits per heavy atom. The van der Waals surface area contributed by atoms with Crippen LogP contribution in [0.25, 0.3) is 0 Å². The molecule has 16 heavy (non-hydrogen) atoms. The van der Waals surface area contributed by atoms with Crippen molar-refractivity contribution in [3.63, 3.8) is 0 Å². The second-order valence-corrected chi connectivity index (χ2v) is 3.24. The summed E-state index contributed by atoms with van der Waals surface area (Å²) >= 11 is 0. The van der Waals surface area contributed by atoms with Gasteiger partial charge in [-0.1, -0.05) is 12.1 Å². The second kappa shape index (κ2) is 4.17. The molecular formula is C9H9N4O3-. The molecule has 0 aliphatic rings. The summed E-state index contributed by atoms with van der Waals surface area (Å²) < 4.78 is 0. The third kappa shape index (κ3) is 2.27. The normalized spacial score (nSPS) is 10.4. The van der Waals surface area contributed by atoms with E-state index >= 15 is 0 Å². The smallest absolute Gasteiger partial charge is 0.340 e. The van der Waals surface area contributed by atoms with Crippen molar-refractivity contribution in [3.8, 4) is 0 Å². The fourth-order valence-electron chi connectivity index (χ4n) is 1.32. The standard InChI is InChI=1S/C9H9N4O3/c14-9-10-8(11-12-9)5-6-1-3-7(4-2-6)13(15)16/h1-4,15H,5H2,(H2,10,11,12,14)/q-1. The lowest BCUT2D eigenvalue weighted by atomic mass is 10.1. The third-order valence-corrected chi connectivity index (χ3v) is 2.08. The van der Waals surface area contributed by atoms with Gasteiger partial charge in [0.05, 0.1) is 5.69 Å². The maximum absolute atomic E-state index is 10.8. The van der Waals surface area contributed by atoms with Gasteiger partial charge in [-0.05, 0) is 17.7 Å². The van der Waals surface area contributed by atoms with Gasteiger partial charge < -0.3 is 10.4 Å². The predicted molar refractivity (Wildman–Crippen MR) is 56.1 cm³/mol. The van der Waals surface area contributed by atoms with Gasteiger partial charge in [-0.15, -0.1) is 0 Å². The van der Waals surface area contributed by atoms with Gasteiger partial charge in [-0.25, -0.2) is 9.89 Å². The summed E-state index contributed by atoms with van der Waals surface area (Å²) in [5.74, 6) is 0.515. The van der Waals surface area contributed by atoms with Gasteiger partial charge in [-0.2, -0.15) is 5.10 Å². The molecule has 0 fully saturated rings. The van der Waals surface area contributed by atoms with Crippen molar-refractivity contribution in [2.24, 2.45) is 0 Å². The number of H-pyrrole nitrogens is 2. The van der Waals surface area contributed by atoms with Crippen LogP contribution in [0.5, 0.6) is 0 Å². The summed E-state index contributed by atoms with van der Waals surface area (Å²) in [4.78, 5) is 13.3. The number of hydrogen-bond acceptors (Lipinski definition) is 5. The van der Waals surface area contributed by atoms with Crippen LogP contribution in [0.3, 0.4) is 0 Å². The largest absolute Gasteiger partial charge is 0.733 e. The molecule has 3 N–H and O–H groups in total. The van der Waals surface area contributed by atoms with Crippen molar-refractivity contribution in [2.45, 2.75) is 6.42 Å². The van der Waals surface area contributed by atoms with Crippen LogP contribution < -0.4 is 10.9 Å². The fourth-order valence-corrected chi connectivity index (χ4v) is 1.32. The quantitative estimate of drug-likeness (QED) is 0.649. The lowest BCUT2D eigenvalue weighted by Crippen LogP contribution is -2.06. The van der Waals surface area contributed by atoms with Crippen LogP contribution in [-0.2, 0) is 6.42 Å². The molecular weight excluding hydrogens is 212 g/mol. The first kappa shape index (κ1) is 10.4. The minimum absolute atomic E-state index is 0.152. The lowest BCUT2D eigenvalue weighted by molar-refractivity contribution is 0.296. The highest BCUT2D eigenvalue weighted by atomic mass is 16.8. The third-order valence-electron chi connectivity index (χ3n) is 2.08. The Kier molecular flexibility index (Phi) is 2.71. The molecule has 0 radical (unpaired) electrons. The summed E-state index contributed by atoms with van der Waals surface area (Å²) in [6, 6.07) is 6.30. The topological polar surface area (TPSA) is 108 Å². The highest BCUT2D eigenvalue weighted by Gasteiger charge is 2.00. The zero-order valence-electron chi connectivity index (χ0n) is 8.17. The Hall–Kier alpha value is -2.12. The van der Waals surface area contributed by atoms with Gasteiger partial charge in [0.1, 0.15) is 5.82 Å². The maximum Gasteiger partial charge on any atom is 0.340 e. The zero-order chi connectivity index (χ0) is 11.5. The average molecular weight is 221 g/mol. The molecule has 0 atom stereocenters. The van der Waals surface area contributed by atoms with E-state index in [-0.39, 0.29) is 16.6 Å². The number of anilines is 1. The summed E-state index contributed by atoms with van der Waals surface area (Å²) in [5, 5.41) is 25.0. The van der Waals surface area contributed by atoms with Crippen LogP contribution in [0, 0.1) is 5.21 Å². The van der Waals surface area contributed by atoms with Crippen molar-refractivity contribution in [2.75, 3.05) is 5.23 Å². The van der Waals surface area contributed by atoms with Gasteiger partial charge in [0.2, 0.25) is 0 Å². The molecule has 2 aromatic rings. The molecule has 0 saturated carbocycles. The van der Waals surface area contributed by atoms with Gasteiger partial charge in [-0.3, -0.25) is 10.2 Å². The van der Waals surface area contributed by atoms with E-state index in [4.69, 9.17) is 5.21 Å². The summed E-state index contributed by atoms with van der Waals surface area (Å²) in [6.07, 6.45) is 0.448. The van der Waals surface area contributed by atoms with Crippen LogP contribution in [0.2, 0.25) is 0 Å². The highest BCUT2D eigenvalue weighted by Crippen LogP contribution is 2.13. The molecule has 0 spiro atoms. The van der Waals surface area contributed by atoms with Crippen molar-refractivity contribution in [1.29, 1.82) is 0 Å². The van der Waals surface area contributed by atoms with Crippen LogP contribution in [-0.4, -0.2) is 20.4 Å². The summed E-state index contributed by atoms with van der Waals surface area (Å²) in [7, 11) is 0. The van der Waals surface area contributed by atoms with E-state index in [2.05, 4.69) is 15.2 Å². The first-order valence-corrected chi connectivity index (χ1v) is 4.54. The van der Waals surface area contributed by atoms with E-state index in [1.54, 1.807) is 12.1 Å². The Balaban J connectivity index is 2.14. The van der Waals surface area contributed by atoms with Gasteiger partial charge in [0, 0.05) is 6.42 Å². The Morgan fingerprint density at radius 2 is 2.06 bits per heavy atom. The summed E-state index contributed by atoms with van der Waals surface area (Å²) in [6.45, 7) is 0. The number of benzene rings is 1. The molecule has 7 heteroatoms. The summed E-state index contributed by atoms with van der Waals surface area (Å²) in [5.41, 5.74) is 0.667. The molecule has 1 aromatic carbocycles. The highest BCUT2D eigenvalue weighted by molar-refractivity contribution is 5.45. The second-order valence-electron chi connectivity index (χ2n) is 3.24. The van der Waals surface area contributed by atoms with Crippen molar-refractivity contribution >= 4 is 5.69 Å². The van der Waals surface area contributed by atoms with Crippen LogP contribution >= 0.6 is 0 Å². The molecule has 0 aliphatic carbocycles. The average Bonchev–Trinajstić information content (AvgIpc) is 2.65. The molecule has 0 unspecified atom stereocenters. The fraction of sp³-hybridized carbons (Fsp3) is 0.111. The maximum atomic E-state index is 10.8. The molecule has 84 valence electrons. The molecule has 7 nitrogen and oxygen atoms in total. The molecule has 2 rings (SSSR count). The number of rotatable bonds is 3. The molecule has 0 saturated heterocycles. The lowest BCUT2D eigenvalue weighted by Gasteiger charge is -2.21. The van der Waals surface area contributed by atoms with Gasteiger partial charge in [0.15, 0.2) is 0 Å². The van der Waals surface area contributed by atoms with E-state index in [0.29, 0.717) is 12.2 Å².